The third-order valence-electron chi connectivity index (χ3n) is 3.44. The Bertz CT molecular complexity index is 478. The van der Waals surface area contributed by atoms with Gasteiger partial charge in [-0.2, -0.15) is 0 Å². The van der Waals surface area contributed by atoms with E-state index in [0.717, 1.165) is 25.8 Å². The SMILES string of the molecule is CCCN(CC1CCCN1)C(=O)c1c[nH]ccc1=O. The van der Waals surface area contributed by atoms with Gasteiger partial charge in [-0.3, -0.25) is 9.59 Å². The molecule has 5 heteroatoms. The first kappa shape index (κ1) is 13.8. The molecule has 0 spiro atoms. The third kappa shape index (κ3) is 3.44. The lowest BCUT2D eigenvalue weighted by atomic mass is 10.1. The molecule has 2 N–H and O–H groups in total. The van der Waals surface area contributed by atoms with Gasteiger partial charge in [-0.1, -0.05) is 6.92 Å². The highest BCUT2D eigenvalue weighted by Crippen LogP contribution is 2.09. The number of amides is 1. The van der Waals surface area contributed by atoms with E-state index in [4.69, 9.17) is 0 Å². The summed E-state index contributed by atoms with van der Waals surface area (Å²) in [7, 11) is 0. The number of H-pyrrole nitrogens is 1. The molecule has 1 atom stereocenters. The quantitative estimate of drug-likeness (QED) is 0.832. The van der Waals surface area contributed by atoms with Crippen molar-refractivity contribution >= 4 is 5.91 Å². The fourth-order valence-electron chi connectivity index (χ4n) is 2.48. The Balaban J connectivity index is 2.11. The van der Waals surface area contributed by atoms with Crippen molar-refractivity contribution in [2.45, 2.75) is 32.2 Å². The third-order valence-corrected chi connectivity index (χ3v) is 3.44. The van der Waals surface area contributed by atoms with Crippen LogP contribution in [0.25, 0.3) is 0 Å². The fourth-order valence-corrected chi connectivity index (χ4v) is 2.48. The number of aromatic nitrogens is 1. The molecule has 1 aromatic heterocycles. The number of pyridine rings is 1. The van der Waals surface area contributed by atoms with E-state index in [1.165, 1.54) is 12.3 Å². The molecule has 1 aliphatic rings. The first-order chi connectivity index (χ1) is 9.22. The van der Waals surface area contributed by atoms with Crippen LogP contribution in [0.5, 0.6) is 0 Å². The number of carbonyl (C=O) groups is 1. The number of nitrogens with one attached hydrogen (secondary N) is 2. The highest BCUT2D eigenvalue weighted by Gasteiger charge is 2.23. The summed E-state index contributed by atoms with van der Waals surface area (Å²) in [6.07, 6.45) is 6.18. The molecule has 0 aromatic carbocycles. The number of rotatable bonds is 5. The Hall–Kier alpha value is -1.62. The van der Waals surface area contributed by atoms with Crippen LogP contribution in [-0.4, -0.2) is 41.5 Å². The number of hydrogen-bond acceptors (Lipinski definition) is 3. The van der Waals surface area contributed by atoms with Crippen molar-refractivity contribution in [3.05, 3.63) is 34.2 Å². The van der Waals surface area contributed by atoms with Crippen molar-refractivity contribution in [2.75, 3.05) is 19.6 Å². The predicted molar refractivity (Wildman–Crippen MR) is 74.3 cm³/mol. The van der Waals surface area contributed by atoms with Crippen molar-refractivity contribution in [1.82, 2.24) is 15.2 Å². The molecule has 0 radical (unpaired) electrons. The highest BCUT2D eigenvalue weighted by atomic mass is 16.2. The predicted octanol–water partition coefficient (Wildman–Crippen LogP) is 0.979. The summed E-state index contributed by atoms with van der Waals surface area (Å²) in [5, 5.41) is 3.39. The lowest BCUT2D eigenvalue weighted by Crippen LogP contribution is -2.42. The van der Waals surface area contributed by atoms with Crippen LogP contribution in [0, 0.1) is 0 Å². The van der Waals surface area contributed by atoms with Gasteiger partial charge >= 0.3 is 0 Å². The van der Waals surface area contributed by atoms with Gasteiger partial charge in [0.25, 0.3) is 5.91 Å². The number of carbonyl (C=O) groups excluding carboxylic acids is 1. The monoisotopic (exact) mass is 263 g/mol. The summed E-state index contributed by atoms with van der Waals surface area (Å²) in [4.78, 5) is 28.7. The summed E-state index contributed by atoms with van der Waals surface area (Å²) in [6, 6.07) is 1.75. The molecule has 104 valence electrons. The molecule has 1 fully saturated rings. The van der Waals surface area contributed by atoms with Crippen molar-refractivity contribution in [3.63, 3.8) is 0 Å². The van der Waals surface area contributed by atoms with Gasteiger partial charge < -0.3 is 15.2 Å². The normalized spacial score (nSPS) is 18.5. The minimum absolute atomic E-state index is 0.169. The van der Waals surface area contributed by atoms with Gasteiger partial charge in [0, 0.05) is 37.6 Å². The molecule has 19 heavy (non-hydrogen) atoms. The van der Waals surface area contributed by atoms with Crippen molar-refractivity contribution < 1.29 is 4.79 Å². The molecule has 1 aliphatic heterocycles. The summed E-state index contributed by atoms with van der Waals surface area (Å²) in [5.41, 5.74) is 0.0122. The van der Waals surface area contributed by atoms with Crippen LogP contribution >= 0.6 is 0 Å². The zero-order chi connectivity index (χ0) is 13.7. The molecular formula is C14H21N3O2. The van der Waals surface area contributed by atoms with Gasteiger partial charge in [0.15, 0.2) is 5.43 Å². The van der Waals surface area contributed by atoms with Crippen LogP contribution in [0.1, 0.15) is 36.5 Å². The van der Waals surface area contributed by atoms with Crippen LogP contribution in [0.15, 0.2) is 23.3 Å². The molecule has 1 saturated heterocycles. The molecule has 2 heterocycles. The average molecular weight is 263 g/mol. The topological polar surface area (TPSA) is 65.2 Å². The molecular weight excluding hydrogens is 242 g/mol. The summed E-state index contributed by atoms with van der Waals surface area (Å²) in [5.74, 6) is -0.169. The standard InChI is InChI=1S/C14H21N3O2/c1-2-8-17(10-11-4-3-6-16-11)14(19)12-9-15-7-5-13(12)18/h5,7,9,11,16H,2-4,6,8,10H2,1H3,(H,15,18). The van der Waals surface area contributed by atoms with Crippen LogP contribution in [-0.2, 0) is 0 Å². The molecule has 5 nitrogen and oxygen atoms in total. The zero-order valence-electron chi connectivity index (χ0n) is 11.3. The van der Waals surface area contributed by atoms with Crippen molar-refractivity contribution in [1.29, 1.82) is 0 Å². The Morgan fingerprint density at radius 3 is 3.00 bits per heavy atom. The van der Waals surface area contributed by atoms with Crippen molar-refractivity contribution in [3.8, 4) is 0 Å². The summed E-state index contributed by atoms with van der Waals surface area (Å²) >= 11 is 0. The maximum absolute atomic E-state index is 12.4. The lowest BCUT2D eigenvalue weighted by Gasteiger charge is -2.25. The second-order valence-corrected chi connectivity index (χ2v) is 4.97. The zero-order valence-corrected chi connectivity index (χ0v) is 11.3. The van der Waals surface area contributed by atoms with E-state index >= 15 is 0 Å². The summed E-state index contributed by atoms with van der Waals surface area (Å²) < 4.78 is 0. The van der Waals surface area contributed by atoms with Crippen LogP contribution < -0.4 is 10.7 Å². The van der Waals surface area contributed by atoms with Gasteiger partial charge in [0.2, 0.25) is 0 Å². The van der Waals surface area contributed by atoms with Gasteiger partial charge in [-0.05, 0) is 25.8 Å². The molecule has 1 unspecified atom stereocenters. The van der Waals surface area contributed by atoms with E-state index in [-0.39, 0.29) is 16.9 Å². The largest absolute Gasteiger partial charge is 0.367 e. The number of aromatic amines is 1. The molecule has 0 aliphatic carbocycles. The Kier molecular flexibility index (Phi) is 4.74. The molecule has 1 aromatic rings. The maximum Gasteiger partial charge on any atom is 0.259 e. The Morgan fingerprint density at radius 1 is 1.53 bits per heavy atom. The van der Waals surface area contributed by atoms with Gasteiger partial charge in [-0.15, -0.1) is 0 Å². The number of hydrogen-bond donors (Lipinski definition) is 2. The number of nitrogens with zero attached hydrogens (tertiary/aromatic N) is 1. The maximum atomic E-state index is 12.4. The van der Waals surface area contributed by atoms with Gasteiger partial charge in [0.1, 0.15) is 5.56 Å². The Labute approximate surface area is 113 Å². The first-order valence-corrected chi connectivity index (χ1v) is 6.92. The molecule has 0 bridgehead atoms. The van der Waals surface area contributed by atoms with Crippen molar-refractivity contribution in [2.24, 2.45) is 0 Å². The van der Waals surface area contributed by atoms with E-state index in [2.05, 4.69) is 10.3 Å². The average Bonchev–Trinajstić information content (AvgIpc) is 2.91. The second-order valence-electron chi connectivity index (χ2n) is 4.97. The lowest BCUT2D eigenvalue weighted by molar-refractivity contribution is 0.0740. The van der Waals surface area contributed by atoms with E-state index in [9.17, 15) is 9.59 Å². The summed E-state index contributed by atoms with van der Waals surface area (Å²) in [6.45, 7) is 4.43. The fraction of sp³-hybridized carbons (Fsp3) is 0.571. The van der Waals surface area contributed by atoms with E-state index in [1.807, 2.05) is 6.92 Å². The van der Waals surface area contributed by atoms with Crippen LogP contribution in [0.2, 0.25) is 0 Å². The molecule has 0 saturated carbocycles. The van der Waals surface area contributed by atoms with E-state index in [1.54, 1.807) is 11.1 Å². The van der Waals surface area contributed by atoms with Crippen LogP contribution in [0.4, 0.5) is 0 Å². The van der Waals surface area contributed by atoms with Gasteiger partial charge in [-0.25, -0.2) is 0 Å². The van der Waals surface area contributed by atoms with E-state index < -0.39 is 0 Å². The molecule has 2 rings (SSSR count). The van der Waals surface area contributed by atoms with Crippen LogP contribution in [0.3, 0.4) is 0 Å². The molecule has 1 amide bonds. The Morgan fingerprint density at radius 2 is 2.37 bits per heavy atom. The highest BCUT2D eigenvalue weighted by molar-refractivity contribution is 5.93. The first-order valence-electron chi connectivity index (χ1n) is 6.92. The minimum Gasteiger partial charge on any atom is -0.367 e. The van der Waals surface area contributed by atoms with E-state index in [0.29, 0.717) is 19.1 Å². The smallest absolute Gasteiger partial charge is 0.259 e. The second kappa shape index (κ2) is 6.52. The van der Waals surface area contributed by atoms with Gasteiger partial charge in [0.05, 0.1) is 0 Å². The minimum atomic E-state index is -0.218.